The Balaban J connectivity index is 1.63. The minimum atomic E-state index is -1.19. The fraction of sp³-hybridized carbons (Fsp3) is 0.684. The molecular formula is C19H28ClFN6O3. The van der Waals surface area contributed by atoms with Gasteiger partial charge in [-0.3, -0.25) is 15.6 Å². The highest BCUT2D eigenvalue weighted by atomic mass is 35.5. The molecule has 0 spiro atoms. The molecule has 1 aromatic heterocycles. The number of hydrogen-bond donors (Lipinski definition) is 5. The van der Waals surface area contributed by atoms with Crippen molar-refractivity contribution in [2.45, 2.75) is 63.8 Å². The number of carbonyl (C=O) groups is 2. The lowest BCUT2D eigenvalue weighted by molar-refractivity contribution is -0.124. The Bertz CT molecular complexity index is 756. The van der Waals surface area contributed by atoms with Crippen molar-refractivity contribution in [1.29, 1.82) is 0 Å². The number of halogens is 2. The monoisotopic (exact) mass is 442 g/mol. The first-order valence-corrected chi connectivity index (χ1v) is 10.8. The van der Waals surface area contributed by atoms with Gasteiger partial charge >= 0.3 is 6.09 Å². The maximum atomic E-state index is 14.8. The molecule has 2 amide bonds. The van der Waals surface area contributed by atoms with Gasteiger partial charge in [-0.1, -0.05) is 38.5 Å². The van der Waals surface area contributed by atoms with Gasteiger partial charge in [0.05, 0.1) is 5.92 Å². The van der Waals surface area contributed by atoms with Gasteiger partial charge in [0.1, 0.15) is 0 Å². The predicted octanol–water partition coefficient (Wildman–Crippen LogP) is 3.53. The van der Waals surface area contributed by atoms with Crippen LogP contribution in [0.15, 0.2) is 0 Å². The number of carbonyl (C=O) groups excluding carboxylic acids is 1. The van der Waals surface area contributed by atoms with Gasteiger partial charge in [-0.2, -0.15) is 14.4 Å². The van der Waals surface area contributed by atoms with Crippen LogP contribution in [0.1, 0.15) is 57.8 Å². The predicted molar refractivity (Wildman–Crippen MR) is 111 cm³/mol. The number of hydrazine groups is 1. The van der Waals surface area contributed by atoms with Crippen LogP contribution >= 0.6 is 11.6 Å². The average Bonchev–Trinajstić information content (AvgIpc) is 3.40. The van der Waals surface area contributed by atoms with E-state index in [9.17, 15) is 14.0 Å². The fourth-order valence-electron chi connectivity index (χ4n) is 4.23. The van der Waals surface area contributed by atoms with E-state index in [1.165, 1.54) is 0 Å². The Morgan fingerprint density at radius 3 is 2.40 bits per heavy atom. The molecule has 30 heavy (non-hydrogen) atoms. The third kappa shape index (κ3) is 6.32. The van der Waals surface area contributed by atoms with E-state index in [1.54, 1.807) is 0 Å². The van der Waals surface area contributed by atoms with Crippen molar-refractivity contribution < 1.29 is 19.1 Å². The molecule has 2 aliphatic carbocycles. The Labute approximate surface area is 179 Å². The summed E-state index contributed by atoms with van der Waals surface area (Å²) in [5, 5.41) is 14.0. The molecule has 1 atom stereocenters. The fourth-order valence-corrected chi connectivity index (χ4v) is 4.40. The summed E-state index contributed by atoms with van der Waals surface area (Å²) >= 11 is 5.93. The topological polar surface area (TPSA) is 128 Å². The second-order valence-electron chi connectivity index (χ2n) is 8.01. The van der Waals surface area contributed by atoms with Crippen molar-refractivity contribution in [3.8, 4) is 0 Å². The maximum Gasteiger partial charge on any atom is 0.404 e. The molecule has 1 heterocycles. The Kier molecular flexibility index (Phi) is 7.89. The van der Waals surface area contributed by atoms with Crippen molar-refractivity contribution >= 4 is 35.2 Å². The van der Waals surface area contributed by atoms with Crippen LogP contribution in [0.3, 0.4) is 0 Å². The highest BCUT2D eigenvalue weighted by molar-refractivity contribution is 6.28. The summed E-state index contributed by atoms with van der Waals surface area (Å²) in [7, 11) is 0. The zero-order chi connectivity index (χ0) is 21.5. The first-order chi connectivity index (χ1) is 14.4. The van der Waals surface area contributed by atoms with Crippen LogP contribution in [0.4, 0.5) is 20.8 Å². The number of nitrogens with zero attached hydrogens (tertiary/aromatic N) is 2. The number of carboxylic acid groups (broad SMARTS) is 1. The minimum absolute atomic E-state index is 0.00583. The van der Waals surface area contributed by atoms with Crippen molar-refractivity contribution in [2.75, 3.05) is 17.3 Å². The summed E-state index contributed by atoms with van der Waals surface area (Å²) in [5.74, 6) is -1.61. The van der Waals surface area contributed by atoms with Crippen molar-refractivity contribution in [3.05, 3.63) is 11.1 Å². The highest BCUT2D eigenvalue weighted by Gasteiger charge is 2.26. The zero-order valence-corrected chi connectivity index (χ0v) is 17.5. The van der Waals surface area contributed by atoms with E-state index in [0.29, 0.717) is 12.3 Å². The maximum absolute atomic E-state index is 14.8. The number of rotatable bonds is 9. The summed E-state index contributed by atoms with van der Waals surface area (Å²) in [6.07, 6.45) is 7.67. The third-order valence-electron chi connectivity index (χ3n) is 5.79. The summed E-state index contributed by atoms with van der Waals surface area (Å²) in [6, 6.07) is 0.130. The van der Waals surface area contributed by atoms with Gasteiger partial charge in [-0.05, 0) is 36.8 Å². The lowest BCUT2D eigenvalue weighted by Gasteiger charge is -2.21. The zero-order valence-electron chi connectivity index (χ0n) is 16.7. The number of hydrogen-bond acceptors (Lipinski definition) is 6. The van der Waals surface area contributed by atoms with Gasteiger partial charge in [0.25, 0.3) is 0 Å². The van der Waals surface area contributed by atoms with Gasteiger partial charge < -0.3 is 15.7 Å². The summed E-state index contributed by atoms with van der Waals surface area (Å²) in [5.41, 5.74) is 4.93. The molecule has 0 bridgehead atoms. The first-order valence-electron chi connectivity index (χ1n) is 10.4. The van der Waals surface area contributed by atoms with Crippen LogP contribution in [0.2, 0.25) is 5.28 Å². The van der Waals surface area contributed by atoms with E-state index in [0.717, 1.165) is 51.4 Å². The van der Waals surface area contributed by atoms with Gasteiger partial charge in [0, 0.05) is 12.6 Å². The normalized spacial score (nSPS) is 18.2. The molecule has 0 radical (unpaired) electrons. The quantitative estimate of drug-likeness (QED) is 0.292. The van der Waals surface area contributed by atoms with Crippen molar-refractivity contribution in [3.63, 3.8) is 0 Å². The molecule has 0 aromatic carbocycles. The van der Waals surface area contributed by atoms with E-state index < -0.39 is 23.7 Å². The van der Waals surface area contributed by atoms with Crippen LogP contribution in [0.5, 0.6) is 0 Å². The lowest BCUT2D eigenvalue weighted by Crippen LogP contribution is -2.41. The molecule has 0 unspecified atom stereocenters. The second kappa shape index (κ2) is 10.6. The van der Waals surface area contributed by atoms with Gasteiger partial charge in [0.15, 0.2) is 11.6 Å². The van der Waals surface area contributed by atoms with E-state index in [4.69, 9.17) is 16.7 Å². The standard InChI is InChI=1S/C19H28ClFN6O3/c20-18-24-15(23-13-7-3-4-8-13)14(21)16(25-18)26-27-17(28)12(10-22-19(29)30)9-11-5-1-2-6-11/h11-13,22H,1-10H2,(H,27,28)(H,29,30)(H2,23,24,25,26)/t12-/m1/s1. The number of aromatic nitrogens is 2. The molecule has 1 aromatic rings. The van der Waals surface area contributed by atoms with E-state index in [1.807, 2.05) is 0 Å². The lowest BCUT2D eigenvalue weighted by atomic mass is 9.92. The van der Waals surface area contributed by atoms with E-state index in [2.05, 4.69) is 31.5 Å². The number of amides is 2. The molecule has 9 nitrogen and oxygen atoms in total. The van der Waals surface area contributed by atoms with E-state index >= 15 is 0 Å². The largest absolute Gasteiger partial charge is 0.465 e. The average molecular weight is 443 g/mol. The second-order valence-corrected chi connectivity index (χ2v) is 8.35. The molecular weight excluding hydrogens is 415 g/mol. The Morgan fingerprint density at radius 1 is 1.10 bits per heavy atom. The Hall–Kier alpha value is -2.36. The van der Waals surface area contributed by atoms with E-state index in [-0.39, 0.29) is 29.5 Å². The SMILES string of the molecule is O=C(O)NC[C@@H](CC1CCCC1)C(=O)NNc1nc(Cl)nc(NC2CCCC2)c1F. The Morgan fingerprint density at radius 2 is 1.73 bits per heavy atom. The van der Waals surface area contributed by atoms with Crippen LogP contribution in [-0.4, -0.2) is 39.7 Å². The molecule has 5 N–H and O–H groups in total. The summed E-state index contributed by atoms with van der Waals surface area (Å²) in [4.78, 5) is 31.3. The first kappa shape index (κ1) is 22.3. The molecule has 0 saturated heterocycles. The van der Waals surface area contributed by atoms with Crippen LogP contribution in [-0.2, 0) is 4.79 Å². The summed E-state index contributed by atoms with van der Waals surface area (Å²) in [6.45, 7) is -0.0131. The van der Waals surface area contributed by atoms with Crippen LogP contribution in [0.25, 0.3) is 0 Å². The molecule has 11 heteroatoms. The third-order valence-corrected chi connectivity index (χ3v) is 5.96. The van der Waals surface area contributed by atoms with Crippen molar-refractivity contribution in [2.24, 2.45) is 11.8 Å². The van der Waals surface area contributed by atoms with Crippen LogP contribution in [0, 0.1) is 17.7 Å². The number of nitrogens with one attached hydrogen (secondary N) is 4. The number of anilines is 2. The van der Waals surface area contributed by atoms with Gasteiger partial charge in [-0.25, -0.2) is 4.79 Å². The molecule has 166 valence electrons. The van der Waals surface area contributed by atoms with Gasteiger partial charge in [-0.15, -0.1) is 0 Å². The minimum Gasteiger partial charge on any atom is -0.465 e. The molecule has 2 aliphatic rings. The molecule has 2 saturated carbocycles. The highest BCUT2D eigenvalue weighted by Crippen LogP contribution is 2.30. The van der Waals surface area contributed by atoms with Crippen LogP contribution < -0.4 is 21.5 Å². The molecule has 3 rings (SSSR count). The molecule has 0 aliphatic heterocycles. The smallest absolute Gasteiger partial charge is 0.404 e. The molecule has 2 fully saturated rings. The summed E-state index contributed by atoms with van der Waals surface area (Å²) < 4.78 is 14.8. The van der Waals surface area contributed by atoms with Gasteiger partial charge in [0.2, 0.25) is 17.0 Å². The van der Waals surface area contributed by atoms with Crippen molar-refractivity contribution in [1.82, 2.24) is 20.7 Å².